The largest absolute Gasteiger partial charge is 0.347 e. The zero-order valence-corrected chi connectivity index (χ0v) is 12.9. The van der Waals surface area contributed by atoms with Gasteiger partial charge in [0.2, 0.25) is 0 Å². The number of aromatic nitrogens is 2. The summed E-state index contributed by atoms with van der Waals surface area (Å²) in [6, 6.07) is 8.22. The lowest BCUT2D eigenvalue weighted by atomic mass is 10.2. The van der Waals surface area contributed by atoms with E-state index in [0.29, 0.717) is 26.6 Å². The monoisotopic (exact) mass is 350 g/mol. The molecule has 0 spiro atoms. The lowest BCUT2D eigenvalue weighted by Gasteiger charge is -2.07. The second kappa shape index (κ2) is 5.86. The van der Waals surface area contributed by atoms with Gasteiger partial charge in [-0.3, -0.25) is 10.1 Å². The van der Waals surface area contributed by atoms with Gasteiger partial charge < -0.3 is 5.32 Å². The van der Waals surface area contributed by atoms with Gasteiger partial charge >= 0.3 is 6.03 Å². The van der Waals surface area contributed by atoms with Crippen LogP contribution in [0.2, 0.25) is 10.0 Å². The fourth-order valence-electron chi connectivity index (χ4n) is 2.10. The van der Waals surface area contributed by atoms with Crippen LogP contribution in [0, 0.1) is 10.1 Å². The summed E-state index contributed by atoms with van der Waals surface area (Å²) >= 11 is 11.8. The minimum atomic E-state index is -0.535. The number of hydrogen-bond donors (Lipinski definition) is 1. The smallest absolute Gasteiger partial charge is 0.306 e. The topological polar surface area (TPSA) is 90.1 Å². The van der Waals surface area contributed by atoms with Crippen LogP contribution in [0.25, 0.3) is 10.9 Å². The summed E-state index contributed by atoms with van der Waals surface area (Å²) in [5.74, 6) is 0. The molecule has 0 atom stereocenters. The summed E-state index contributed by atoms with van der Waals surface area (Å²) in [4.78, 5) is 22.6. The van der Waals surface area contributed by atoms with Crippen LogP contribution in [0.15, 0.2) is 42.6 Å². The van der Waals surface area contributed by atoms with E-state index in [1.807, 2.05) is 0 Å². The number of anilines is 1. The molecule has 23 heavy (non-hydrogen) atoms. The van der Waals surface area contributed by atoms with Gasteiger partial charge in [-0.2, -0.15) is 9.78 Å². The summed E-state index contributed by atoms with van der Waals surface area (Å²) in [6.07, 6.45) is 1.38. The lowest BCUT2D eigenvalue weighted by Crippen LogP contribution is -2.20. The molecule has 9 heteroatoms. The molecule has 0 fully saturated rings. The van der Waals surface area contributed by atoms with E-state index < -0.39 is 11.0 Å². The predicted octanol–water partition coefficient (Wildman–Crippen LogP) is 4.33. The maximum atomic E-state index is 12.3. The summed E-state index contributed by atoms with van der Waals surface area (Å²) < 4.78 is 1.11. The molecular weight excluding hydrogens is 343 g/mol. The first-order valence-corrected chi connectivity index (χ1v) is 7.09. The second-order valence-corrected chi connectivity index (χ2v) is 5.52. The standard InChI is InChI=1S/C14H8Cl2N4O3/c15-9-4-10(16)6-11(5-9)18-14(21)19-13-2-1-12(20(22)23)3-8(13)7-17-19/h1-7H,(H,18,21). The Balaban J connectivity index is 1.93. The Morgan fingerprint density at radius 3 is 2.52 bits per heavy atom. The van der Waals surface area contributed by atoms with E-state index in [4.69, 9.17) is 23.2 Å². The van der Waals surface area contributed by atoms with Crippen molar-refractivity contribution in [1.82, 2.24) is 9.78 Å². The Morgan fingerprint density at radius 2 is 1.87 bits per heavy atom. The normalized spacial score (nSPS) is 10.7. The molecule has 1 amide bonds. The fourth-order valence-corrected chi connectivity index (χ4v) is 2.62. The third kappa shape index (κ3) is 3.10. The van der Waals surface area contributed by atoms with Gasteiger partial charge in [-0.25, -0.2) is 4.79 Å². The molecule has 0 saturated carbocycles. The van der Waals surface area contributed by atoms with Crippen molar-refractivity contribution in [2.24, 2.45) is 0 Å². The number of nitro groups is 1. The Hall–Kier alpha value is -2.64. The Kier molecular flexibility index (Phi) is 3.89. The minimum Gasteiger partial charge on any atom is -0.306 e. The highest BCUT2D eigenvalue weighted by molar-refractivity contribution is 6.35. The fraction of sp³-hybridized carbons (Fsp3) is 0. The van der Waals surface area contributed by atoms with E-state index >= 15 is 0 Å². The van der Waals surface area contributed by atoms with Gasteiger partial charge in [0.15, 0.2) is 0 Å². The average Bonchev–Trinajstić information content (AvgIpc) is 2.88. The molecule has 116 valence electrons. The predicted molar refractivity (Wildman–Crippen MR) is 87.3 cm³/mol. The van der Waals surface area contributed by atoms with Crippen molar-refractivity contribution in [3.8, 4) is 0 Å². The Bertz CT molecular complexity index is 919. The summed E-state index contributed by atoms with van der Waals surface area (Å²) in [6.45, 7) is 0. The molecule has 1 aromatic heterocycles. The number of nitro benzene ring substituents is 1. The first-order chi connectivity index (χ1) is 10.9. The number of hydrogen-bond acceptors (Lipinski definition) is 4. The first kappa shape index (κ1) is 15.3. The Morgan fingerprint density at radius 1 is 1.17 bits per heavy atom. The van der Waals surface area contributed by atoms with Crippen LogP contribution >= 0.6 is 23.2 Å². The molecule has 0 aliphatic rings. The highest BCUT2D eigenvalue weighted by Gasteiger charge is 2.14. The van der Waals surface area contributed by atoms with Crippen LogP contribution in [0.5, 0.6) is 0 Å². The molecule has 1 N–H and O–H groups in total. The molecule has 2 aromatic carbocycles. The van der Waals surface area contributed by atoms with Gasteiger partial charge in [0.05, 0.1) is 16.6 Å². The third-order valence-electron chi connectivity index (χ3n) is 3.07. The number of amides is 1. The maximum Gasteiger partial charge on any atom is 0.347 e. The van der Waals surface area contributed by atoms with E-state index in [-0.39, 0.29) is 5.69 Å². The van der Waals surface area contributed by atoms with Crippen LogP contribution in [0.4, 0.5) is 16.2 Å². The van der Waals surface area contributed by atoms with Gasteiger partial charge in [0, 0.05) is 33.3 Å². The number of carbonyl (C=O) groups excluding carboxylic acids is 1. The van der Waals surface area contributed by atoms with Gasteiger partial charge in [-0.1, -0.05) is 23.2 Å². The highest BCUT2D eigenvalue weighted by atomic mass is 35.5. The van der Waals surface area contributed by atoms with Crippen LogP contribution < -0.4 is 5.32 Å². The molecular formula is C14H8Cl2N4O3. The molecule has 0 saturated heterocycles. The van der Waals surface area contributed by atoms with Crippen LogP contribution in [0.3, 0.4) is 0 Å². The molecule has 3 rings (SSSR count). The van der Waals surface area contributed by atoms with Crippen molar-refractivity contribution in [3.63, 3.8) is 0 Å². The van der Waals surface area contributed by atoms with Crippen LogP contribution in [-0.2, 0) is 0 Å². The van der Waals surface area contributed by atoms with Crippen LogP contribution in [0.1, 0.15) is 0 Å². The highest BCUT2D eigenvalue weighted by Crippen LogP contribution is 2.24. The number of nitrogens with one attached hydrogen (secondary N) is 1. The molecule has 0 bridgehead atoms. The van der Waals surface area contributed by atoms with Gasteiger partial charge in [0.1, 0.15) is 0 Å². The zero-order chi connectivity index (χ0) is 16.6. The van der Waals surface area contributed by atoms with Gasteiger partial charge in [-0.15, -0.1) is 0 Å². The lowest BCUT2D eigenvalue weighted by molar-refractivity contribution is -0.384. The SMILES string of the molecule is O=C(Nc1cc(Cl)cc(Cl)c1)n1ncc2cc([N+](=O)[O-])ccc21. The van der Waals surface area contributed by atoms with E-state index in [9.17, 15) is 14.9 Å². The van der Waals surface area contributed by atoms with E-state index in [0.717, 1.165) is 4.68 Å². The van der Waals surface area contributed by atoms with E-state index in [1.165, 1.54) is 24.4 Å². The number of non-ortho nitro benzene ring substituents is 1. The van der Waals surface area contributed by atoms with Crippen molar-refractivity contribution in [1.29, 1.82) is 0 Å². The van der Waals surface area contributed by atoms with Crippen molar-refractivity contribution in [3.05, 3.63) is 62.8 Å². The van der Waals surface area contributed by atoms with E-state index in [1.54, 1.807) is 18.2 Å². The number of carbonyl (C=O) groups is 1. The molecule has 0 unspecified atom stereocenters. The quantitative estimate of drug-likeness (QED) is 0.550. The summed E-state index contributed by atoms with van der Waals surface area (Å²) in [5.41, 5.74) is 0.790. The van der Waals surface area contributed by atoms with Gasteiger partial charge in [0.25, 0.3) is 5.69 Å². The zero-order valence-electron chi connectivity index (χ0n) is 11.4. The van der Waals surface area contributed by atoms with E-state index in [2.05, 4.69) is 10.4 Å². The molecule has 1 heterocycles. The van der Waals surface area contributed by atoms with Crippen molar-refractivity contribution in [2.45, 2.75) is 0 Å². The number of fused-ring (bicyclic) bond motifs is 1. The number of halogens is 2. The molecule has 0 aliphatic carbocycles. The first-order valence-electron chi connectivity index (χ1n) is 6.34. The summed E-state index contributed by atoms with van der Waals surface area (Å²) in [5, 5.41) is 18.6. The minimum absolute atomic E-state index is 0.0703. The number of rotatable bonds is 2. The van der Waals surface area contributed by atoms with Crippen LogP contribution in [-0.4, -0.2) is 20.7 Å². The number of benzene rings is 2. The molecule has 3 aromatic rings. The number of nitrogens with zero attached hydrogens (tertiary/aromatic N) is 3. The van der Waals surface area contributed by atoms with Crippen molar-refractivity contribution >= 4 is 51.5 Å². The second-order valence-electron chi connectivity index (χ2n) is 4.64. The molecule has 0 aliphatic heterocycles. The Labute approximate surface area is 139 Å². The average molecular weight is 351 g/mol. The van der Waals surface area contributed by atoms with Gasteiger partial charge in [-0.05, 0) is 24.3 Å². The summed E-state index contributed by atoms with van der Waals surface area (Å²) in [7, 11) is 0. The van der Waals surface area contributed by atoms with Crippen molar-refractivity contribution < 1.29 is 9.72 Å². The molecule has 7 nitrogen and oxygen atoms in total. The maximum absolute atomic E-state index is 12.3. The third-order valence-corrected chi connectivity index (χ3v) is 3.51. The van der Waals surface area contributed by atoms with Crippen molar-refractivity contribution in [2.75, 3.05) is 5.32 Å². The molecule has 0 radical (unpaired) electrons.